The van der Waals surface area contributed by atoms with Gasteiger partial charge in [-0.3, -0.25) is 4.79 Å². The summed E-state index contributed by atoms with van der Waals surface area (Å²) in [5.41, 5.74) is 4.35. The highest BCUT2D eigenvalue weighted by molar-refractivity contribution is 9.10. The van der Waals surface area contributed by atoms with Gasteiger partial charge in [0.2, 0.25) is 0 Å². The summed E-state index contributed by atoms with van der Waals surface area (Å²) in [7, 11) is 1.60. The molecule has 2 aromatic carbocycles. The summed E-state index contributed by atoms with van der Waals surface area (Å²) in [6.45, 7) is 1.86. The zero-order valence-electron chi connectivity index (χ0n) is 13.2. The van der Waals surface area contributed by atoms with Gasteiger partial charge in [0, 0.05) is 0 Å². The van der Waals surface area contributed by atoms with Crippen LogP contribution in [0.15, 0.2) is 50.4 Å². The first kappa shape index (κ1) is 18.5. The molecule has 24 heavy (non-hydrogen) atoms. The van der Waals surface area contributed by atoms with E-state index in [2.05, 4.69) is 42.4 Å². The SMILES string of the molecule is COc1ccc(C=NNC(=O)COc2ccc(C)cc2Br)cc1Br. The first-order valence-corrected chi connectivity index (χ1v) is 8.62. The monoisotopic (exact) mass is 454 g/mol. The minimum Gasteiger partial charge on any atom is -0.496 e. The van der Waals surface area contributed by atoms with Gasteiger partial charge in [-0.1, -0.05) is 6.07 Å². The highest BCUT2D eigenvalue weighted by atomic mass is 79.9. The Morgan fingerprint density at radius 3 is 2.54 bits per heavy atom. The van der Waals surface area contributed by atoms with Crippen LogP contribution in [0.25, 0.3) is 0 Å². The van der Waals surface area contributed by atoms with Crippen LogP contribution < -0.4 is 14.9 Å². The molecule has 0 aliphatic carbocycles. The molecule has 0 bridgehead atoms. The van der Waals surface area contributed by atoms with Crippen LogP contribution in [0.5, 0.6) is 11.5 Å². The van der Waals surface area contributed by atoms with Crippen LogP contribution in [0.4, 0.5) is 0 Å². The lowest BCUT2D eigenvalue weighted by Gasteiger charge is -2.07. The van der Waals surface area contributed by atoms with Crippen LogP contribution in [0.1, 0.15) is 11.1 Å². The third kappa shape index (κ3) is 5.35. The van der Waals surface area contributed by atoms with Gasteiger partial charge in [-0.15, -0.1) is 0 Å². The van der Waals surface area contributed by atoms with Gasteiger partial charge >= 0.3 is 0 Å². The molecule has 0 aromatic heterocycles. The molecule has 1 N–H and O–H groups in total. The Bertz CT molecular complexity index is 763. The normalized spacial score (nSPS) is 10.7. The van der Waals surface area contributed by atoms with Crippen LogP contribution in [0, 0.1) is 6.92 Å². The van der Waals surface area contributed by atoms with Crippen molar-refractivity contribution in [1.29, 1.82) is 0 Å². The van der Waals surface area contributed by atoms with Gasteiger partial charge in [0.15, 0.2) is 6.61 Å². The van der Waals surface area contributed by atoms with Crippen molar-refractivity contribution in [3.05, 3.63) is 56.5 Å². The third-order valence-electron chi connectivity index (χ3n) is 3.02. The van der Waals surface area contributed by atoms with Crippen molar-refractivity contribution in [3.8, 4) is 11.5 Å². The number of hydrazone groups is 1. The lowest BCUT2D eigenvalue weighted by molar-refractivity contribution is -0.123. The molecular formula is C17H16Br2N2O3. The number of hydrogen-bond acceptors (Lipinski definition) is 4. The second kappa shape index (κ2) is 8.84. The van der Waals surface area contributed by atoms with Gasteiger partial charge in [-0.05, 0) is 80.2 Å². The van der Waals surface area contributed by atoms with Crippen LogP contribution in [-0.4, -0.2) is 25.8 Å². The van der Waals surface area contributed by atoms with Gasteiger partial charge in [0.05, 0.1) is 22.3 Å². The van der Waals surface area contributed by atoms with E-state index in [0.717, 1.165) is 25.8 Å². The van der Waals surface area contributed by atoms with E-state index in [-0.39, 0.29) is 12.5 Å². The molecule has 126 valence electrons. The fourth-order valence-electron chi connectivity index (χ4n) is 1.84. The van der Waals surface area contributed by atoms with Crippen molar-refractivity contribution in [2.75, 3.05) is 13.7 Å². The summed E-state index contributed by atoms with van der Waals surface area (Å²) in [6, 6.07) is 11.1. The number of nitrogens with one attached hydrogen (secondary N) is 1. The van der Waals surface area contributed by atoms with E-state index < -0.39 is 0 Å². The lowest BCUT2D eigenvalue weighted by atomic mass is 10.2. The summed E-state index contributed by atoms with van der Waals surface area (Å²) in [6.07, 6.45) is 1.55. The molecule has 0 saturated carbocycles. The van der Waals surface area contributed by atoms with Crippen molar-refractivity contribution in [1.82, 2.24) is 5.43 Å². The third-order valence-corrected chi connectivity index (χ3v) is 4.26. The summed E-state index contributed by atoms with van der Waals surface area (Å²) in [5, 5.41) is 3.91. The molecule has 0 atom stereocenters. The molecule has 0 radical (unpaired) electrons. The molecule has 5 nitrogen and oxygen atoms in total. The average Bonchev–Trinajstić information content (AvgIpc) is 2.54. The first-order valence-electron chi connectivity index (χ1n) is 7.04. The summed E-state index contributed by atoms with van der Waals surface area (Å²) < 4.78 is 12.2. The number of carbonyl (C=O) groups is 1. The van der Waals surface area contributed by atoms with Gasteiger partial charge in [-0.2, -0.15) is 5.10 Å². The molecule has 0 aliphatic heterocycles. The number of hydrogen-bond donors (Lipinski definition) is 1. The standard InChI is InChI=1S/C17H16Br2N2O3/c1-11-3-5-16(13(18)7-11)24-10-17(22)21-20-9-12-4-6-15(23-2)14(19)8-12/h3-9H,10H2,1-2H3,(H,21,22). The number of methoxy groups -OCH3 is 1. The maximum Gasteiger partial charge on any atom is 0.277 e. The van der Waals surface area contributed by atoms with E-state index in [1.807, 2.05) is 43.3 Å². The molecule has 0 heterocycles. The lowest BCUT2D eigenvalue weighted by Crippen LogP contribution is -2.24. The number of amides is 1. The number of nitrogens with zero attached hydrogens (tertiary/aromatic N) is 1. The molecule has 2 aromatic rings. The predicted octanol–water partition coefficient (Wildman–Crippen LogP) is 4.06. The Balaban J connectivity index is 1.85. The Kier molecular flexibility index (Phi) is 6.81. The maximum atomic E-state index is 11.8. The van der Waals surface area contributed by atoms with Crippen LogP contribution in [-0.2, 0) is 4.79 Å². The maximum absolute atomic E-state index is 11.8. The average molecular weight is 456 g/mol. The van der Waals surface area contributed by atoms with E-state index in [1.165, 1.54) is 0 Å². The number of carbonyl (C=O) groups excluding carboxylic acids is 1. The molecule has 0 unspecified atom stereocenters. The Morgan fingerprint density at radius 2 is 1.88 bits per heavy atom. The Morgan fingerprint density at radius 1 is 1.17 bits per heavy atom. The Labute approximate surface area is 157 Å². The fourth-order valence-corrected chi connectivity index (χ4v) is 3.01. The Hall–Kier alpha value is -1.86. The van der Waals surface area contributed by atoms with Crippen molar-refractivity contribution in [3.63, 3.8) is 0 Å². The van der Waals surface area contributed by atoms with Crippen LogP contribution in [0.3, 0.4) is 0 Å². The zero-order valence-corrected chi connectivity index (χ0v) is 16.3. The number of aryl methyl sites for hydroxylation is 1. The van der Waals surface area contributed by atoms with E-state index in [1.54, 1.807) is 13.3 Å². The second-order valence-electron chi connectivity index (χ2n) is 4.91. The van der Waals surface area contributed by atoms with E-state index >= 15 is 0 Å². The van der Waals surface area contributed by atoms with Gasteiger partial charge in [0.1, 0.15) is 11.5 Å². The van der Waals surface area contributed by atoms with Crippen molar-refractivity contribution in [2.24, 2.45) is 5.10 Å². The largest absolute Gasteiger partial charge is 0.496 e. The van der Waals surface area contributed by atoms with E-state index in [4.69, 9.17) is 9.47 Å². The minimum atomic E-state index is -0.341. The van der Waals surface area contributed by atoms with Crippen molar-refractivity contribution >= 4 is 44.0 Å². The van der Waals surface area contributed by atoms with Crippen LogP contribution >= 0.6 is 31.9 Å². The summed E-state index contributed by atoms with van der Waals surface area (Å²) in [5.74, 6) is 0.998. The molecular weight excluding hydrogens is 440 g/mol. The number of benzene rings is 2. The highest BCUT2D eigenvalue weighted by Crippen LogP contribution is 2.26. The first-order chi connectivity index (χ1) is 11.5. The van der Waals surface area contributed by atoms with E-state index in [9.17, 15) is 4.79 Å². The molecule has 0 fully saturated rings. The summed E-state index contributed by atoms with van der Waals surface area (Å²) in [4.78, 5) is 11.8. The molecule has 1 amide bonds. The fraction of sp³-hybridized carbons (Fsp3) is 0.176. The highest BCUT2D eigenvalue weighted by Gasteiger charge is 2.05. The van der Waals surface area contributed by atoms with Gasteiger partial charge in [-0.25, -0.2) is 5.43 Å². The van der Waals surface area contributed by atoms with Gasteiger partial charge < -0.3 is 9.47 Å². The molecule has 0 saturated heterocycles. The molecule has 2 rings (SSSR count). The number of halogens is 2. The molecule has 0 spiro atoms. The van der Waals surface area contributed by atoms with Crippen molar-refractivity contribution < 1.29 is 14.3 Å². The number of rotatable bonds is 6. The smallest absolute Gasteiger partial charge is 0.277 e. The quantitative estimate of drug-likeness (QED) is 0.527. The number of ether oxygens (including phenoxy) is 2. The van der Waals surface area contributed by atoms with Gasteiger partial charge in [0.25, 0.3) is 5.91 Å². The predicted molar refractivity (Wildman–Crippen MR) is 101 cm³/mol. The molecule has 0 aliphatic rings. The van der Waals surface area contributed by atoms with Crippen LogP contribution in [0.2, 0.25) is 0 Å². The second-order valence-corrected chi connectivity index (χ2v) is 6.62. The topological polar surface area (TPSA) is 59.9 Å². The van der Waals surface area contributed by atoms with E-state index in [0.29, 0.717) is 5.75 Å². The molecule has 7 heteroatoms. The van der Waals surface area contributed by atoms with Crippen molar-refractivity contribution in [2.45, 2.75) is 6.92 Å². The minimum absolute atomic E-state index is 0.120. The summed E-state index contributed by atoms with van der Waals surface area (Å²) >= 11 is 6.79. The zero-order chi connectivity index (χ0) is 17.5.